The zero-order valence-electron chi connectivity index (χ0n) is 14.2. The van der Waals surface area contributed by atoms with Crippen LogP contribution >= 0.6 is 0 Å². The molecule has 0 radical (unpaired) electrons. The average molecular weight is 366 g/mol. The standard InChI is InChI=1S/C17H22N2O5S/c1-3-5-7-12-10-14(19(4-2)16-8-6-9-24-16)13(17(20)21)11-15(12)25(18,22)23/h6,8-11H,3-5,7H2,1-2H3,(H,20,21)(H2,18,22,23). The van der Waals surface area contributed by atoms with E-state index in [0.29, 0.717) is 30.1 Å². The van der Waals surface area contributed by atoms with Gasteiger partial charge in [0.1, 0.15) is 0 Å². The van der Waals surface area contributed by atoms with Crippen molar-refractivity contribution in [3.8, 4) is 0 Å². The van der Waals surface area contributed by atoms with Gasteiger partial charge in [-0.1, -0.05) is 13.3 Å². The number of carboxylic acid groups (broad SMARTS) is 1. The van der Waals surface area contributed by atoms with Gasteiger partial charge in [-0.2, -0.15) is 0 Å². The molecule has 0 saturated carbocycles. The van der Waals surface area contributed by atoms with Crippen LogP contribution < -0.4 is 10.0 Å². The van der Waals surface area contributed by atoms with Gasteiger partial charge in [0.25, 0.3) is 0 Å². The summed E-state index contributed by atoms with van der Waals surface area (Å²) in [5, 5.41) is 14.9. The Kier molecular flexibility index (Phi) is 5.86. The van der Waals surface area contributed by atoms with E-state index in [1.165, 1.54) is 6.26 Å². The van der Waals surface area contributed by atoms with Crippen molar-refractivity contribution in [3.63, 3.8) is 0 Å². The van der Waals surface area contributed by atoms with Crippen LogP contribution in [0.15, 0.2) is 39.8 Å². The van der Waals surface area contributed by atoms with Crippen molar-refractivity contribution >= 4 is 27.6 Å². The third-order valence-electron chi connectivity index (χ3n) is 3.89. The van der Waals surface area contributed by atoms with Crippen molar-refractivity contribution < 1.29 is 22.7 Å². The summed E-state index contributed by atoms with van der Waals surface area (Å²) in [5.74, 6) is -0.748. The lowest BCUT2D eigenvalue weighted by Crippen LogP contribution is -2.21. The maximum atomic E-state index is 11.9. The van der Waals surface area contributed by atoms with Crippen LogP contribution in [-0.4, -0.2) is 26.0 Å². The van der Waals surface area contributed by atoms with Crippen molar-refractivity contribution in [2.45, 2.75) is 38.0 Å². The molecule has 0 aliphatic heterocycles. The van der Waals surface area contributed by atoms with Crippen molar-refractivity contribution in [1.82, 2.24) is 0 Å². The first-order valence-corrected chi connectivity index (χ1v) is 9.58. The number of sulfonamides is 1. The molecule has 0 fully saturated rings. The normalized spacial score (nSPS) is 11.5. The first-order chi connectivity index (χ1) is 11.8. The molecule has 3 N–H and O–H groups in total. The van der Waals surface area contributed by atoms with E-state index >= 15 is 0 Å². The number of rotatable bonds is 8. The van der Waals surface area contributed by atoms with Crippen LogP contribution in [0.25, 0.3) is 0 Å². The molecule has 0 unspecified atom stereocenters. The molecule has 25 heavy (non-hydrogen) atoms. The van der Waals surface area contributed by atoms with E-state index in [-0.39, 0.29) is 10.5 Å². The number of hydrogen-bond donors (Lipinski definition) is 2. The number of benzene rings is 1. The summed E-state index contributed by atoms with van der Waals surface area (Å²) < 4.78 is 29.2. The van der Waals surface area contributed by atoms with Crippen LogP contribution in [0, 0.1) is 0 Å². The molecule has 136 valence electrons. The number of primary sulfonamides is 1. The second-order valence-electron chi connectivity index (χ2n) is 5.63. The molecular weight excluding hydrogens is 344 g/mol. The second kappa shape index (κ2) is 7.71. The number of aromatic carboxylic acids is 1. The number of nitrogens with zero attached hydrogens (tertiary/aromatic N) is 1. The van der Waals surface area contributed by atoms with Gasteiger partial charge >= 0.3 is 5.97 Å². The highest BCUT2D eigenvalue weighted by Gasteiger charge is 2.24. The molecule has 7 nitrogen and oxygen atoms in total. The van der Waals surface area contributed by atoms with E-state index in [1.54, 1.807) is 23.1 Å². The summed E-state index contributed by atoms with van der Waals surface area (Å²) in [6.07, 6.45) is 3.62. The number of furan rings is 1. The van der Waals surface area contributed by atoms with Gasteiger partial charge in [-0.05, 0) is 43.5 Å². The lowest BCUT2D eigenvalue weighted by molar-refractivity contribution is 0.0697. The lowest BCUT2D eigenvalue weighted by Gasteiger charge is -2.24. The molecule has 1 aromatic heterocycles. The van der Waals surface area contributed by atoms with Crippen LogP contribution in [0.1, 0.15) is 42.6 Å². The Morgan fingerprint density at radius 2 is 2.04 bits per heavy atom. The topological polar surface area (TPSA) is 114 Å². The molecule has 1 aromatic carbocycles. The molecule has 0 saturated heterocycles. The van der Waals surface area contributed by atoms with Crippen LogP contribution in [-0.2, 0) is 16.4 Å². The fraction of sp³-hybridized carbons (Fsp3) is 0.353. The molecular formula is C17H22N2O5S. The van der Waals surface area contributed by atoms with Gasteiger partial charge in [-0.25, -0.2) is 18.4 Å². The Hall–Kier alpha value is -2.32. The monoisotopic (exact) mass is 366 g/mol. The molecule has 0 aliphatic rings. The number of aryl methyl sites for hydroxylation is 1. The zero-order chi connectivity index (χ0) is 18.6. The van der Waals surface area contributed by atoms with Gasteiger partial charge < -0.3 is 14.4 Å². The minimum absolute atomic E-state index is 0.137. The van der Waals surface area contributed by atoms with E-state index in [9.17, 15) is 18.3 Å². The van der Waals surface area contributed by atoms with E-state index in [2.05, 4.69) is 0 Å². The quantitative estimate of drug-likeness (QED) is 0.742. The average Bonchev–Trinajstić information content (AvgIpc) is 3.06. The highest BCUT2D eigenvalue weighted by Crippen LogP contribution is 2.33. The third kappa shape index (κ3) is 4.21. The molecule has 2 aromatic rings. The van der Waals surface area contributed by atoms with E-state index < -0.39 is 16.0 Å². The molecule has 0 spiro atoms. The van der Waals surface area contributed by atoms with E-state index in [1.807, 2.05) is 13.8 Å². The molecule has 0 amide bonds. The number of nitrogens with two attached hydrogens (primary N) is 1. The molecule has 2 rings (SSSR count). The number of unbranched alkanes of at least 4 members (excludes halogenated alkanes) is 1. The Labute approximate surface area is 147 Å². The first kappa shape index (κ1) is 19.0. The van der Waals surface area contributed by atoms with Crippen molar-refractivity contribution in [2.24, 2.45) is 5.14 Å². The Morgan fingerprint density at radius 3 is 2.52 bits per heavy atom. The van der Waals surface area contributed by atoms with Gasteiger partial charge in [0.05, 0.1) is 22.4 Å². The SMILES string of the molecule is CCCCc1cc(N(CC)c2ccco2)c(C(=O)O)cc1S(N)(=O)=O. The fourth-order valence-electron chi connectivity index (χ4n) is 2.70. The first-order valence-electron chi connectivity index (χ1n) is 8.03. The molecule has 0 bridgehead atoms. The summed E-state index contributed by atoms with van der Waals surface area (Å²) in [7, 11) is -4.03. The number of carboxylic acids is 1. The van der Waals surface area contributed by atoms with Gasteiger partial charge in [0.2, 0.25) is 10.0 Å². The third-order valence-corrected chi connectivity index (χ3v) is 4.89. The van der Waals surface area contributed by atoms with Crippen LogP contribution in [0.5, 0.6) is 0 Å². The Balaban J connectivity index is 2.71. The van der Waals surface area contributed by atoms with Gasteiger partial charge in [-0.3, -0.25) is 0 Å². The summed E-state index contributed by atoms with van der Waals surface area (Å²) in [6, 6.07) is 6.15. The number of anilines is 2. The van der Waals surface area contributed by atoms with Gasteiger partial charge in [-0.15, -0.1) is 0 Å². The fourth-order valence-corrected chi connectivity index (χ4v) is 3.51. The molecule has 0 atom stereocenters. The summed E-state index contributed by atoms with van der Waals surface area (Å²) >= 11 is 0. The summed E-state index contributed by atoms with van der Waals surface area (Å²) in [6.45, 7) is 4.30. The van der Waals surface area contributed by atoms with Gasteiger partial charge in [0.15, 0.2) is 5.88 Å². The smallest absolute Gasteiger partial charge is 0.337 e. The summed E-state index contributed by atoms with van der Waals surface area (Å²) in [5.41, 5.74) is 0.750. The molecule has 8 heteroatoms. The second-order valence-corrected chi connectivity index (χ2v) is 7.16. The predicted molar refractivity (Wildman–Crippen MR) is 94.8 cm³/mol. The predicted octanol–water partition coefficient (Wildman–Crippen LogP) is 3.13. The van der Waals surface area contributed by atoms with Crippen molar-refractivity contribution in [3.05, 3.63) is 41.7 Å². The van der Waals surface area contributed by atoms with E-state index in [4.69, 9.17) is 9.56 Å². The molecule has 0 aliphatic carbocycles. The van der Waals surface area contributed by atoms with E-state index in [0.717, 1.165) is 18.9 Å². The van der Waals surface area contributed by atoms with Crippen molar-refractivity contribution in [1.29, 1.82) is 0 Å². The highest BCUT2D eigenvalue weighted by atomic mass is 32.2. The Bertz CT molecular complexity index is 844. The maximum absolute atomic E-state index is 11.9. The minimum atomic E-state index is -4.03. The maximum Gasteiger partial charge on any atom is 0.337 e. The summed E-state index contributed by atoms with van der Waals surface area (Å²) in [4.78, 5) is 13.3. The van der Waals surface area contributed by atoms with Crippen LogP contribution in [0.3, 0.4) is 0 Å². The number of carbonyl (C=O) groups is 1. The largest absolute Gasteiger partial charge is 0.478 e. The number of hydrogen-bond acceptors (Lipinski definition) is 5. The highest BCUT2D eigenvalue weighted by molar-refractivity contribution is 7.89. The van der Waals surface area contributed by atoms with Gasteiger partial charge in [0, 0.05) is 12.6 Å². The Morgan fingerprint density at radius 1 is 1.32 bits per heavy atom. The minimum Gasteiger partial charge on any atom is -0.478 e. The van der Waals surface area contributed by atoms with Crippen LogP contribution in [0.2, 0.25) is 0 Å². The van der Waals surface area contributed by atoms with Crippen molar-refractivity contribution in [2.75, 3.05) is 11.4 Å². The lowest BCUT2D eigenvalue weighted by atomic mass is 10.0. The van der Waals surface area contributed by atoms with Crippen LogP contribution in [0.4, 0.5) is 11.6 Å². The zero-order valence-corrected chi connectivity index (χ0v) is 15.0. The molecule has 1 heterocycles.